The molecule has 3 N–H and O–H groups in total. The van der Waals surface area contributed by atoms with Gasteiger partial charge in [-0.25, -0.2) is 0 Å². The van der Waals surface area contributed by atoms with Crippen LogP contribution in [-0.4, -0.2) is 98.1 Å². The van der Waals surface area contributed by atoms with E-state index in [-0.39, 0.29) is 32.6 Å². The molecule has 1 heterocycles. The minimum Gasteiger partial charge on any atom is -0.550 e. The van der Waals surface area contributed by atoms with E-state index in [0.29, 0.717) is 25.2 Å². The molecule has 0 spiro atoms. The van der Waals surface area contributed by atoms with Crippen molar-refractivity contribution >= 4 is 55.9 Å². The molecule has 16 heteroatoms. The third kappa shape index (κ3) is 26.1. The van der Waals surface area contributed by atoms with Gasteiger partial charge < -0.3 is 54.8 Å². The normalized spacial score (nSPS) is 12.9. The van der Waals surface area contributed by atoms with Gasteiger partial charge in [0.25, 0.3) is 6.20 Å². The van der Waals surface area contributed by atoms with Crippen molar-refractivity contribution in [3.05, 3.63) is 45.8 Å². The zero-order valence-corrected chi connectivity index (χ0v) is 35.1. The molecule has 0 fully saturated rings. The molecule has 1 aromatic heterocycles. The fourth-order valence-electron chi connectivity index (χ4n) is 5.28. The first kappa shape index (κ1) is 50.7. The molecule has 0 aliphatic carbocycles. The summed E-state index contributed by atoms with van der Waals surface area (Å²) in [5.74, 6) is -3.69. The molecule has 2 radical (unpaired) electrons. The Morgan fingerprint density at radius 3 is 1.88 bits per heavy atom. The molecular formula is C35H59BiN4O10S. The van der Waals surface area contributed by atoms with Crippen molar-refractivity contribution in [1.29, 1.82) is 0 Å². The van der Waals surface area contributed by atoms with Crippen molar-refractivity contribution in [3.63, 3.8) is 0 Å². The number of carboxylic acid groups (broad SMARTS) is 3. The number of nitrogens with zero attached hydrogens (tertiary/aromatic N) is 2. The molecule has 0 amide bonds. The topological polar surface area (TPSA) is 224 Å². The van der Waals surface area contributed by atoms with Crippen molar-refractivity contribution in [3.8, 4) is 0 Å². The number of nitrogens with one attached hydrogen (secondary N) is 2. The van der Waals surface area contributed by atoms with E-state index in [9.17, 15) is 44.9 Å². The first-order valence-corrected chi connectivity index (χ1v) is 18.8. The Balaban J connectivity index is 0. The number of hydrogen-bond donors (Lipinski definition) is 3. The quantitative estimate of drug-likeness (QED) is 0.0434. The summed E-state index contributed by atoms with van der Waals surface area (Å²) in [5, 5.41) is 59.0. The predicted octanol–water partition coefficient (Wildman–Crippen LogP) is 1.92. The van der Waals surface area contributed by atoms with Crippen LogP contribution in [0.1, 0.15) is 121 Å². The van der Waals surface area contributed by atoms with Crippen LogP contribution in [-0.2, 0) is 26.7 Å². The van der Waals surface area contributed by atoms with Gasteiger partial charge in [-0.05, 0) is 32.6 Å². The summed E-state index contributed by atoms with van der Waals surface area (Å²) >= 11 is 1.72. The minimum atomic E-state index is -3.02. The Morgan fingerprint density at radius 2 is 1.45 bits per heavy atom. The van der Waals surface area contributed by atoms with Crippen molar-refractivity contribution in [2.45, 2.75) is 128 Å². The second kappa shape index (κ2) is 31.1. The maximum absolute atomic E-state index is 11.2. The van der Waals surface area contributed by atoms with Gasteiger partial charge in [-0.1, -0.05) is 96.8 Å². The molecule has 14 nitrogen and oxygen atoms in total. The SMILES string of the molecule is CCCCCCCCCCCCCCCCC(C(=O)[O-])C(O)(CC(=O)[O-])C(=O)[O-].CN/C(=C\[N+](=O)[O-])NCCSCc1ccc(CN(C)C)o1.[Bi+3]. The molecule has 0 saturated heterocycles. The van der Waals surface area contributed by atoms with Crippen molar-refractivity contribution < 1.29 is 44.2 Å². The van der Waals surface area contributed by atoms with E-state index >= 15 is 0 Å². The summed E-state index contributed by atoms with van der Waals surface area (Å²) in [5.41, 5.74) is -3.02. The maximum Gasteiger partial charge on any atom is 3.00 e. The van der Waals surface area contributed by atoms with E-state index in [2.05, 4.69) is 22.5 Å². The minimum absolute atomic E-state index is 0. The molecule has 1 rings (SSSR count). The summed E-state index contributed by atoms with van der Waals surface area (Å²) < 4.78 is 5.70. The Bertz CT molecular complexity index is 1140. The number of unbranched alkanes of at least 4 members (excludes halogenated alkanes) is 13. The molecule has 0 saturated carbocycles. The smallest absolute Gasteiger partial charge is 0.550 e. The van der Waals surface area contributed by atoms with E-state index in [4.69, 9.17) is 4.42 Å². The summed E-state index contributed by atoms with van der Waals surface area (Å²) in [4.78, 5) is 44.9. The van der Waals surface area contributed by atoms with Gasteiger partial charge in [-0.2, -0.15) is 11.8 Å². The number of hydrogen-bond acceptors (Lipinski definition) is 14. The first-order valence-electron chi connectivity index (χ1n) is 17.7. The average molecular weight is 937 g/mol. The van der Waals surface area contributed by atoms with Crippen LogP contribution in [0.25, 0.3) is 0 Å². The molecular weight excluding hydrogens is 877 g/mol. The van der Waals surface area contributed by atoms with Gasteiger partial charge in [0.15, 0.2) is 5.82 Å². The van der Waals surface area contributed by atoms with Crippen LogP contribution in [0, 0.1) is 16.0 Å². The monoisotopic (exact) mass is 936 g/mol. The Hall–Kier alpha value is -2.42. The number of carboxylic acids is 3. The molecule has 51 heavy (non-hydrogen) atoms. The van der Waals surface area contributed by atoms with Crippen LogP contribution in [0.3, 0.4) is 0 Å². The van der Waals surface area contributed by atoms with Crippen molar-refractivity contribution in [1.82, 2.24) is 15.5 Å². The second-order valence-corrected chi connectivity index (χ2v) is 13.8. The predicted molar refractivity (Wildman–Crippen MR) is 193 cm³/mol. The number of rotatable bonds is 30. The number of carbonyl (C=O) groups excluding carboxylic acids is 3. The first-order chi connectivity index (χ1) is 23.8. The van der Waals surface area contributed by atoms with E-state index in [0.717, 1.165) is 55.0 Å². The van der Waals surface area contributed by atoms with Crippen molar-refractivity contribution in [2.75, 3.05) is 33.4 Å². The van der Waals surface area contributed by atoms with E-state index < -0.39 is 40.8 Å². The molecule has 2 unspecified atom stereocenters. The number of aliphatic carboxylic acids is 3. The molecule has 0 bridgehead atoms. The molecule has 0 aliphatic heterocycles. The van der Waals surface area contributed by atoms with Gasteiger partial charge in [0.1, 0.15) is 17.1 Å². The van der Waals surface area contributed by atoms with Gasteiger partial charge >= 0.3 is 26.2 Å². The zero-order valence-electron chi connectivity index (χ0n) is 30.8. The van der Waals surface area contributed by atoms with Crippen LogP contribution in [0.4, 0.5) is 0 Å². The molecule has 290 valence electrons. The van der Waals surface area contributed by atoms with Crippen LogP contribution in [0.2, 0.25) is 0 Å². The number of thioether (sulfide) groups is 1. The summed E-state index contributed by atoms with van der Waals surface area (Å²) in [6.07, 6.45) is 15.0. The van der Waals surface area contributed by atoms with Gasteiger partial charge in [-0.3, -0.25) is 10.1 Å². The average Bonchev–Trinajstić information content (AvgIpc) is 3.47. The molecule has 2 atom stereocenters. The van der Waals surface area contributed by atoms with E-state index in [1.807, 2.05) is 26.2 Å². The van der Waals surface area contributed by atoms with Crippen LogP contribution < -0.4 is 26.0 Å². The number of carbonyl (C=O) groups is 3. The standard InChI is InChI=1S/C22H40O7.C13H22N4O3S.Bi/c1-2-3-4-5-6-7-8-9-10-11-12-13-14-15-16-18(20(25)26)22(29,21(27)28)17-19(23)24;1-14-13(9-17(18)19)15-6-7-21-10-12-5-4-11(20-12)8-16(2)3;/h18,29H,2-17H2,1H3,(H,23,24)(H,25,26)(H,27,28);4-5,9,14-15H,6-8,10H2,1-3H3;/q;;+3/p-3/b;13-9+;. The third-order valence-electron chi connectivity index (χ3n) is 7.97. The zero-order chi connectivity index (χ0) is 37.8. The summed E-state index contributed by atoms with van der Waals surface area (Å²) in [6.45, 7) is 3.66. The Kier molecular flexibility index (Phi) is 31.0. The Labute approximate surface area is 326 Å². The van der Waals surface area contributed by atoms with Gasteiger partial charge in [-0.15, -0.1) is 0 Å². The summed E-state index contributed by atoms with van der Waals surface area (Å²) in [6, 6.07) is 3.98. The largest absolute Gasteiger partial charge is 3.00 e. The van der Waals surface area contributed by atoms with Crippen LogP contribution in [0.15, 0.2) is 28.6 Å². The third-order valence-corrected chi connectivity index (χ3v) is 8.96. The Morgan fingerprint density at radius 1 is 0.941 bits per heavy atom. The molecule has 0 aromatic carbocycles. The van der Waals surface area contributed by atoms with Gasteiger partial charge in [0, 0.05) is 43.6 Å². The second-order valence-electron chi connectivity index (χ2n) is 12.7. The van der Waals surface area contributed by atoms with Crippen LogP contribution >= 0.6 is 11.8 Å². The maximum atomic E-state index is 11.2. The fraction of sp³-hybridized carbons (Fsp3) is 0.743. The number of nitro groups is 1. The van der Waals surface area contributed by atoms with E-state index in [1.165, 1.54) is 57.8 Å². The van der Waals surface area contributed by atoms with Gasteiger partial charge in [0.2, 0.25) is 0 Å². The fourth-order valence-corrected chi connectivity index (χ4v) is 6.03. The van der Waals surface area contributed by atoms with Gasteiger partial charge in [0.05, 0.1) is 23.2 Å². The molecule has 1 aromatic rings. The number of aliphatic hydroxyl groups is 1. The molecule has 0 aliphatic rings. The van der Waals surface area contributed by atoms with E-state index in [1.54, 1.807) is 18.8 Å². The van der Waals surface area contributed by atoms with Crippen molar-refractivity contribution in [2.24, 2.45) is 5.92 Å². The summed E-state index contributed by atoms with van der Waals surface area (Å²) in [7, 11) is 5.64. The van der Waals surface area contributed by atoms with Crippen LogP contribution in [0.5, 0.6) is 0 Å². The number of furan rings is 1.